The van der Waals surface area contributed by atoms with Crippen LogP contribution in [-0.4, -0.2) is 10.1 Å². The standard InChI is InChI=1S/C16H23N3O/c1-2-3-4-5-6-7-8-14-15(16(17)20-19-14)13-9-11-18-12-10-13/h9-12H,2-8,17H2,1H3. The summed E-state index contributed by atoms with van der Waals surface area (Å²) in [5.41, 5.74) is 8.81. The summed E-state index contributed by atoms with van der Waals surface area (Å²) in [6.45, 7) is 2.24. The van der Waals surface area contributed by atoms with Crippen molar-refractivity contribution in [3.63, 3.8) is 0 Å². The number of nitrogens with two attached hydrogens (primary N) is 1. The Bertz CT molecular complexity index is 508. The minimum atomic E-state index is 0.400. The zero-order chi connectivity index (χ0) is 14.2. The van der Waals surface area contributed by atoms with E-state index in [2.05, 4.69) is 17.1 Å². The molecule has 0 bridgehead atoms. The van der Waals surface area contributed by atoms with Crippen LogP contribution in [-0.2, 0) is 6.42 Å². The fourth-order valence-electron chi connectivity index (χ4n) is 2.41. The van der Waals surface area contributed by atoms with Gasteiger partial charge in [-0.2, -0.15) is 0 Å². The molecule has 2 aromatic rings. The number of aromatic nitrogens is 2. The predicted octanol–water partition coefficient (Wildman–Crippen LogP) is 4.22. The summed E-state index contributed by atoms with van der Waals surface area (Å²) in [5, 5.41) is 4.11. The number of hydrogen-bond donors (Lipinski definition) is 1. The molecule has 0 fully saturated rings. The summed E-state index contributed by atoms with van der Waals surface area (Å²) in [5.74, 6) is 0.400. The molecule has 0 saturated heterocycles. The van der Waals surface area contributed by atoms with Crippen molar-refractivity contribution in [2.75, 3.05) is 5.73 Å². The highest BCUT2D eigenvalue weighted by molar-refractivity contribution is 5.74. The Labute approximate surface area is 120 Å². The Hall–Kier alpha value is -1.84. The monoisotopic (exact) mass is 273 g/mol. The van der Waals surface area contributed by atoms with Crippen LogP contribution in [0.1, 0.15) is 51.1 Å². The highest BCUT2D eigenvalue weighted by Crippen LogP contribution is 2.30. The summed E-state index contributed by atoms with van der Waals surface area (Å²) in [6.07, 6.45) is 12.1. The van der Waals surface area contributed by atoms with E-state index in [0.29, 0.717) is 5.88 Å². The third-order valence-electron chi connectivity index (χ3n) is 3.53. The Morgan fingerprint density at radius 2 is 1.75 bits per heavy atom. The van der Waals surface area contributed by atoms with E-state index in [9.17, 15) is 0 Å². The number of nitrogens with zero attached hydrogens (tertiary/aromatic N) is 2. The topological polar surface area (TPSA) is 64.9 Å². The van der Waals surface area contributed by atoms with Gasteiger partial charge in [-0.15, -0.1) is 0 Å². The second kappa shape index (κ2) is 7.68. The Balaban J connectivity index is 1.93. The van der Waals surface area contributed by atoms with Gasteiger partial charge in [0.25, 0.3) is 0 Å². The molecule has 2 aromatic heterocycles. The smallest absolute Gasteiger partial charge is 0.230 e. The molecule has 0 aliphatic carbocycles. The molecule has 0 spiro atoms. The molecule has 0 unspecified atom stereocenters. The maximum Gasteiger partial charge on any atom is 0.230 e. The van der Waals surface area contributed by atoms with Crippen molar-refractivity contribution in [1.29, 1.82) is 0 Å². The summed E-state index contributed by atoms with van der Waals surface area (Å²) in [4.78, 5) is 4.03. The molecule has 108 valence electrons. The lowest BCUT2D eigenvalue weighted by Crippen LogP contribution is -1.92. The number of pyridine rings is 1. The quantitative estimate of drug-likeness (QED) is 0.731. The van der Waals surface area contributed by atoms with Crippen LogP contribution >= 0.6 is 0 Å². The fraction of sp³-hybridized carbons (Fsp3) is 0.500. The first-order chi connectivity index (χ1) is 9.83. The van der Waals surface area contributed by atoms with Gasteiger partial charge >= 0.3 is 0 Å². The number of anilines is 1. The van der Waals surface area contributed by atoms with Crippen LogP contribution in [0, 0.1) is 0 Å². The van der Waals surface area contributed by atoms with Gasteiger partial charge < -0.3 is 10.3 Å². The molecular formula is C16H23N3O. The lowest BCUT2D eigenvalue weighted by molar-refractivity contribution is 0.425. The average Bonchev–Trinajstić information content (AvgIpc) is 2.84. The lowest BCUT2D eigenvalue weighted by Gasteiger charge is -2.02. The summed E-state index contributed by atoms with van der Waals surface area (Å²) >= 11 is 0. The van der Waals surface area contributed by atoms with Crippen molar-refractivity contribution >= 4 is 5.88 Å². The van der Waals surface area contributed by atoms with Gasteiger partial charge in [0.2, 0.25) is 5.88 Å². The first-order valence-electron chi connectivity index (χ1n) is 7.47. The zero-order valence-corrected chi connectivity index (χ0v) is 12.1. The van der Waals surface area contributed by atoms with Crippen molar-refractivity contribution in [2.45, 2.75) is 51.9 Å². The predicted molar refractivity (Wildman–Crippen MR) is 81.2 cm³/mol. The van der Waals surface area contributed by atoms with Crippen LogP contribution < -0.4 is 5.73 Å². The molecule has 0 saturated carbocycles. The average molecular weight is 273 g/mol. The van der Waals surface area contributed by atoms with Gasteiger partial charge in [-0.3, -0.25) is 4.98 Å². The largest absolute Gasteiger partial charge is 0.367 e. The molecule has 0 radical (unpaired) electrons. The van der Waals surface area contributed by atoms with E-state index in [1.165, 1.54) is 32.1 Å². The molecule has 4 heteroatoms. The highest BCUT2D eigenvalue weighted by Gasteiger charge is 2.14. The van der Waals surface area contributed by atoms with Gasteiger partial charge in [-0.05, 0) is 30.5 Å². The van der Waals surface area contributed by atoms with Gasteiger partial charge in [-0.25, -0.2) is 0 Å². The number of unbranched alkanes of at least 4 members (excludes halogenated alkanes) is 5. The summed E-state index contributed by atoms with van der Waals surface area (Å²) in [7, 11) is 0. The van der Waals surface area contributed by atoms with E-state index in [1.54, 1.807) is 12.4 Å². The SMILES string of the molecule is CCCCCCCCc1noc(N)c1-c1ccncc1. The molecule has 2 rings (SSSR count). The van der Waals surface area contributed by atoms with Crippen LogP contribution in [0.15, 0.2) is 29.0 Å². The third-order valence-corrected chi connectivity index (χ3v) is 3.53. The van der Waals surface area contributed by atoms with Crippen molar-refractivity contribution in [2.24, 2.45) is 0 Å². The van der Waals surface area contributed by atoms with Gasteiger partial charge in [0, 0.05) is 12.4 Å². The van der Waals surface area contributed by atoms with Crippen LogP contribution in [0.25, 0.3) is 11.1 Å². The summed E-state index contributed by atoms with van der Waals surface area (Å²) < 4.78 is 5.15. The van der Waals surface area contributed by atoms with Crippen LogP contribution in [0.3, 0.4) is 0 Å². The van der Waals surface area contributed by atoms with Crippen LogP contribution in [0.5, 0.6) is 0 Å². The molecule has 2 heterocycles. The fourth-order valence-corrected chi connectivity index (χ4v) is 2.41. The second-order valence-electron chi connectivity index (χ2n) is 5.12. The molecule has 20 heavy (non-hydrogen) atoms. The lowest BCUT2D eigenvalue weighted by atomic mass is 10.0. The molecule has 4 nitrogen and oxygen atoms in total. The van der Waals surface area contributed by atoms with Gasteiger partial charge in [0.15, 0.2) is 0 Å². The molecule has 0 aliphatic rings. The minimum Gasteiger partial charge on any atom is -0.367 e. The van der Waals surface area contributed by atoms with E-state index in [4.69, 9.17) is 10.3 Å². The van der Waals surface area contributed by atoms with E-state index in [-0.39, 0.29) is 0 Å². The summed E-state index contributed by atoms with van der Waals surface area (Å²) in [6, 6.07) is 3.88. The molecule has 0 aromatic carbocycles. The molecule has 0 aliphatic heterocycles. The maximum atomic E-state index is 5.89. The number of hydrogen-bond acceptors (Lipinski definition) is 4. The van der Waals surface area contributed by atoms with E-state index < -0.39 is 0 Å². The molecular weight excluding hydrogens is 250 g/mol. The van der Waals surface area contributed by atoms with Crippen molar-refractivity contribution in [1.82, 2.24) is 10.1 Å². The van der Waals surface area contributed by atoms with Crippen LogP contribution in [0.2, 0.25) is 0 Å². The van der Waals surface area contributed by atoms with Crippen LogP contribution in [0.4, 0.5) is 5.88 Å². The maximum absolute atomic E-state index is 5.89. The molecule has 0 amide bonds. The number of aryl methyl sites for hydroxylation is 1. The van der Waals surface area contributed by atoms with E-state index in [0.717, 1.165) is 29.7 Å². The minimum absolute atomic E-state index is 0.400. The van der Waals surface area contributed by atoms with Gasteiger partial charge in [-0.1, -0.05) is 44.2 Å². The van der Waals surface area contributed by atoms with Gasteiger partial charge in [0.1, 0.15) is 0 Å². The Morgan fingerprint density at radius 1 is 1.05 bits per heavy atom. The molecule has 0 atom stereocenters. The van der Waals surface area contributed by atoms with E-state index >= 15 is 0 Å². The molecule has 2 N–H and O–H groups in total. The van der Waals surface area contributed by atoms with Gasteiger partial charge in [0.05, 0.1) is 11.3 Å². The van der Waals surface area contributed by atoms with Crippen molar-refractivity contribution in [3.05, 3.63) is 30.2 Å². The normalized spacial score (nSPS) is 10.8. The third kappa shape index (κ3) is 3.83. The first-order valence-corrected chi connectivity index (χ1v) is 7.47. The Kier molecular flexibility index (Phi) is 5.59. The Morgan fingerprint density at radius 3 is 2.50 bits per heavy atom. The van der Waals surface area contributed by atoms with Crippen molar-refractivity contribution in [3.8, 4) is 11.1 Å². The zero-order valence-electron chi connectivity index (χ0n) is 12.1. The first kappa shape index (κ1) is 14.6. The highest BCUT2D eigenvalue weighted by atomic mass is 16.5. The van der Waals surface area contributed by atoms with Crippen molar-refractivity contribution < 1.29 is 4.52 Å². The number of rotatable bonds is 8. The second-order valence-corrected chi connectivity index (χ2v) is 5.12. The number of nitrogen functional groups attached to an aromatic ring is 1. The van der Waals surface area contributed by atoms with E-state index in [1.807, 2.05) is 12.1 Å².